The molecule has 126 valence electrons. The predicted molar refractivity (Wildman–Crippen MR) is 74.2 cm³/mol. The van der Waals surface area contributed by atoms with Gasteiger partial charge in [-0.15, -0.1) is 0 Å². The Hall–Kier alpha value is -0.980. The first-order chi connectivity index (χ1) is 10.1. The van der Waals surface area contributed by atoms with Crippen molar-refractivity contribution < 1.29 is 26.4 Å². The first kappa shape index (κ1) is 19.1. The van der Waals surface area contributed by atoms with E-state index in [0.29, 0.717) is 12.1 Å². The average Bonchev–Trinajstić information content (AvgIpc) is 2.45. The second kappa shape index (κ2) is 7.06. The normalized spacial score (nSPS) is 22.4. The summed E-state index contributed by atoms with van der Waals surface area (Å²) < 4.78 is 58.6. The third-order valence-electron chi connectivity index (χ3n) is 3.43. The van der Waals surface area contributed by atoms with Crippen molar-refractivity contribution in [3.8, 4) is 6.07 Å². The van der Waals surface area contributed by atoms with Gasteiger partial charge in [0.1, 0.15) is 6.07 Å². The molecule has 10 heteroatoms. The fourth-order valence-electron chi connectivity index (χ4n) is 2.21. The number of halogens is 4. The van der Waals surface area contributed by atoms with Crippen LogP contribution in [0.5, 0.6) is 0 Å². The summed E-state index contributed by atoms with van der Waals surface area (Å²) in [6.07, 6.45) is -3.71. The quantitative estimate of drug-likeness (QED) is 0.582. The van der Waals surface area contributed by atoms with Crippen LogP contribution in [0.4, 0.5) is 13.2 Å². The highest BCUT2D eigenvalue weighted by atomic mass is 35.5. The topological polar surface area (TPSA) is 79.2 Å². The zero-order chi connectivity index (χ0) is 17.0. The van der Waals surface area contributed by atoms with E-state index in [0.717, 1.165) is 0 Å². The van der Waals surface area contributed by atoms with E-state index >= 15 is 0 Å². The van der Waals surface area contributed by atoms with Gasteiger partial charge in [0.2, 0.25) is 4.21 Å². The molecule has 0 heterocycles. The summed E-state index contributed by atoms with van der Waals surface area (Å²) in [6.45, 7) is 0. The number of nitrogens with zero attached hydrogens (tertiary/aromatic N) is 1. The van der Waals surface area contributed by atoms with Gasteiger partial charge in [-0.1, -0.05) is 17.7 Å². The van der Waals surface area contributed by atoms with Gasteiger partial charge in [-0.3, -0.25) is 10.3 Å². The van der Waals surface area contributed by atoms with Gasteiger partial charge in [-0.25, -0.2) is 8.42 Å². The van der Waals surface area contributed by atoms with Crippen molar-refractivity contribution >= 4 is 21.4 Å². The summed E-state index contributed by atoms with van der Waals surface area (Å²) in [5.74, 6) is -1.98. The molecule has 22 heavy (non-hydrogen) atoms. The molecule has 0 fully saturated rings. The van der Waals surface area contributed by atoms with Crippen LogP contribution in [0, 0.1) is 17.2 Å². The second-order valence-corrected chi connectivity index (χ2v) is 8.05. The Kier molecular flexibility index (Phi) is 6.12. The van der Waals surface area contributed by atoms with Crippen LogP contribution in [0.25, 0.3) is 0 Å². The minimum atomic E-state index is -4.62. The van der Waals surface area contributed by atoms with Crippen LogP contribution >= 0.6 is 11.6 Å². The molecule has 0 spiro atoms. The molecule has 1 rings (SSSR count). The van der Waals surface area contributed by atoms with Crippen molar-refractivity contribution in [2.75, 3.05) is 12.9 Å². The Balaban J connectivity index is 2.91. The fraction of sp³-hybridized carbons (Fsp3) is 0.750. The number of hydroxylamine groups is 1. The van der Waals surface area contributed by atoms with E-state index < -0.39 is 38.3 Å². The predicted octanol–water partition coefficient (Wildman–Crippen LogP) is 2.65. The molecule has 0 aliphatic heterocycles. The van der Waals surface area contributed by atoms with Gasteiger partial charge in [0, 0.05) is 11.6 Å². The first-order valence-corrected chi connectivity index (χ1v) is 8.46. The molecular weight excluding hydrogens is 345 g/mol. The van der Waals surface area contributed by atoms with Crippen molar-refractivity contribution in [3.63, 3.8) is 0 Å². The summed E-state index contributed by atoms with van der Waals surface area (Å²) >= 11 is 5.95. The molecular formula is C12H16ClF3N2O3S. The second-order valence-electron chi connectivity index (χ2n) is 4.95. The number of nitrogens with one attached hydrogen (secondary N) is 1. The van der Waals surface area contributed by atoms with Crippen molar-refractivity contribution in [2.45, 2.75) is 36.1 Å². The third-order valence-corrected chi connectivity index (χ3v) is 6.60. The molecule has 5 nitrogen and oxygen atoms in total. The highest BCUT2D eigenvalue weighted by molar-refractivity contribution is 7.94. The minimum absolute atomic E-state index is 0.161. The molecule has 1 aliphatic carbocycles. The number of sulfone groups is 1. The molecule has 0 radical (unpaired) electrons. The maximum absolute atomic E-state index is 12.2. The van der Waals surface area contributed by atoms with Crippen LogP contribution in [0.15, 0.2) is 11.8 Å². The van der Waals surface area contributed by atoms with Crippen LogP contribution in [-0.2, 0) is 14.7 Å². The minimum Gasteiger partial charge on any atom is -0.280 e. The molecule has 0 aromatic heterocycles. The van der Waals surface area contributed by atoms with E-state index in [2.05, 4.69) is 5.48 Å². The van der Waals surface area contributed by atoms with Crippen molar-refractivity contribution in [1.29, 1.82) is 5.26 Å². The number of rotatable bonds is 6. The van der Waals surface area contributed by atoms with Crippen molar-refractivity contribution in [2.24, 2.45) is 5.92 Å². The Morgan fingerprint density at radius 3 is 2.59 bits per heavy atom. The van der Waals surface area contributed by atoms with Gasteiger partial charge in [0.25, 0.3) is 0 Å². The molecule has 0 aromatic rings. The summed E-state index contributed by atoms with van der Waals surface area (Å²) in [5.41, 5.74) is 3.31. The zero-order valence-electron chi connectivity index (χ0n) is 11.8. The van der Waals surface area contributed by atoms with Crippen molar-refractivity contribution in [1.82, 2.24) is 5.48 Å². The standard InChI is InChI=1S/C12H16ClF3N2O3S/c1-21-18-10-4-2-9(3-5-10)11(13,8-17)22(19,20)7-6-12(14,15)16/h4,9,18H,2-3,5-7H2,1H3. The Labute approximate surface area is 131 Å². The lowest BCUT2D eigenvalue weighted by molar-refractivity contribution is -0.129. The van der Waals surface area contributed by atoms with Crippen LogP contribution in [-0.4, -0.2) is 31.7 Å². The van der Waals surface area contributed by atoms with E-state index in [1.807, 2.05) is 0 Å². The van der Waals surface area contributed by atoms with E-state index in [9.17, 15) is 21.6 Å². The fourth-order valence-corrected chi connectivity index (χ4v) is 4.30. The SMILES string of the molecule is CONC1=CCC(C(Cl)(C#N)S(=O)(=O)CCC(F)(F)F)CC1. The smallest absolute Gasteiger partial charge is 0.280 e. The van der Waals surface area contributed by atoms with E-state index in [-0.39, 0.29) is 12.8 Å². The Morgan fingerprint density at radius 2 is 2.18 bits per heavy atom. The van der Waals surface area contributed by atoms with Gasteiger partial charge in [0.15, 0.2) is 9.84 Å². The molecule has 0 bridgehead atoms. The highest BCUT2D eigenvalue weighted by Gasteiger charge is 2.50. The molecule has 1 N–H and O–H groups in total. The van der Waals surface area contributed by atoms with E-state index in [1.54, 1.807) is 6.08 Å². The first-order valence-electron chi connectivity index (χ1n) is 6.43. The van der Waals surface area contributed by atoms with Crippen LogP contribution in [0.2, 0.25) is 0 Å². The lowest BCUT2D eigenvalue weighted by atomic mass is 9.89. The molecule has 2 atom stereocenters. The zero-order valence-corrected chi connectivity index (χ0v) is 13.4. The molecule has 1 aliphatic rings. The molecule has 0 saturated heterocycles. The number of nitriles is 1. The highest BCUT2D eigenvalue weighted by Crippen LogP contribution is 2.41. The maximum Gasteiger partial charge on any atom is 0.390 e. The lowest BCUT2D eigenvalue weighted by Gasteiger charge is -2.31. The van der Waals surface area contributed by atoms with Gasteiger partial charge in [-0.2, -0.15) is 18.4 Å². The Bertz CT molecular complexity index is 571. The Morgan fingerprint density at radius 1 is 1.55 bits per heavy atom. The average molecular weight is 361 g/mol. The van der Waals surface area contributed by atoms with Crippen molar-refractivity contribution in [3.05, 3.63) is 11.8 Å². The monoisotopic (exact) mass is 360 g/mol. The van der Waals surface area contributed by atoms with Gasteiger partial charge >= 0.3 is 6.18 Å². The maximum atomic E-state index is 12.2. The number of allylic oxidation sites excluding steroid dienone is 2. The summed E-state index contributed by atoms with van der Waals surface area (Å²) in [5, 5.41) is 9.17. The molecule has 0 saturated carbocycles. The summed E-state index contributed by atoms with van der Waals surface area (Å²) in [6, 6.07) is 1.50. The summed E-state index contributed by atoms with van der Waals surface area (Å²) in [7, 11) is -3.02. The van der Waals surface area contributed by atoms with Crippen LogP contribution in [0.3, 0.4) is 0 Å². The third kappa shape index (κ3) is 4.51. The summed E-state index contributed by atoms with van der Waals surface area (Å²) in [4.78, 5) is 4.71. The van der Waals surface area contributed by atoms with Gasteiger partial charge < -0.3 is 0 Å². The number of alkyl halides is 4. The van der Waals surface area contributed by atoms with Crippen LogP contribution in [0.1, 0.15) is 25.7 Å². The van der Waals surface area contributed by atoms with Gasteiger partial charge in [0.05, 0.1) is 19.3 Å². The molecule has 0 aromatic carbocycles. The lowest BCUT2D eigenvalue weighted by Crippen LogP contribution is -2.42. The number of hydrogen-bond acceptors (Lipinski definition) is 5. The van der Waals surface area contributed by atoms with Gasteiger partial charge in [-0.05, 0) is 19.3 Å². The van der Waals surface area contributed by atoms with E-state index in [1.165, 1.54) is 13.2 Å². The molecule has 0 amide bonds. The number of hydrogen-bond donors (Lipinski definition) is 1. The van der Waals surface area contributed by atoms with Crippen LogP contribution < -0.4 is 5.48 Å². The largest absolute Gasteiger partial charge is 0.390 e. The van der Waals surface area contributed by atoms with E-state index in [4.69, 9.17) is 21.7 Å². The molecule has 2 unspecified atom stereocenters.